The predicted molar refractivity (Wildman–Crippen MR) is 69.2 cm³/mol. The number of hydrogen-bond acceptors (Lipinski definition) is 3. The smallest absolute Gasteiger partial charge is 0.161 e. The Bertz CT molecular complexity index is 395. The van der Waals surface area contributed by atoms with E-state index in [-0.39, 0.29) is 0 Å². The molecular weight excluding hydrogens is 238 g/mol. The number of hydrogen-bond donors (Lipinski definition) is 0. The van der Waals surface area contributed by atoms with E-state index in [1.165, 1.54) is 11.1 Å². The standard InChI is InChI=1S/C13H18ClNO2/c1-10-7-12-13(17-6-5-16-12)8-11(10)9-15(2)4-3-14/h7-8H,3-6,9H2,1-2H3. The van der Waals surface area contributed by atoms with Gasteiger partial charge in [0.15, 0.2) is 11.5 Å². The second kappa shape index (κ2) is 5.61. The number of ether oxygens (including phenoxy) is 2. The van der Waals surface area contributed by atoms with Crippen LogP contribution in [0.2, 0.25) is 0 Å². The van der Waals surface area contributed by atoms with Crippen molar-refractivity contribution in [2.75, 3.05) is 32.7 Å². The first-order valence-electron chi connectivity index (χ1n) is 5.84. The molecule has 0 atom stereocenters. The zero-order valence-electron chi connectivity index (χ0n) is 10.3. The summed E-state index contributed by atoms with van der Waals surface area (Å²) in [6.45, 7) is 5.14. The molecule has 4 heteroatoms. The van der Waals surface area contributed by atoms with E-state index >= 15 is 0 Å². The Morgan fingerprint density at radius 2 is 1.88 bits per heavy atom. The molecule has 1 aromatic carbocycles. The molecule has 1 heterocycles. The van der Waals surface area contributed by atoms with Crippen molar-refractivity contribution in [3.8, 4) is 11.5 Å². The molecule has 1 aliphatic rings. The van der Waals surface area contributed by atoms with E-state index in [2.05, 4.69) is 31.0 Å². The SMILES string of the molecule is Cc1cc2c(cc1CN(C)CCCl)OCCO2. The number of rotatable bonds is 4. The number of nitrogens with zero attached hydrogens (tertiary/aromatic N) is 1. The normalized spacial score (nSPS) is 14.1. The van der Waals surface area contributed by atoms with Gasteiger partial charge in [0, 0.05) is 19.0 Å². The minimum Gasteiger partial charge on any atom is -0.486 e. The summed E-state index contributed by atoms with van der Waals surface area (Å²) >= 11 is 5.73. The van der Waals surface area contributed by atoms with Gasteiger partial charge >= 0.3 is 0 Å². The van der Waals surface area contributed by atoms with Crippen LogP contribution < -0.4 is 9.47 Å². The van der Waals surface area contributed by atoms with E-state index in [1.807, 2.05) is 0 Å². The lowest BCUT2D eigenvalue weighted by molar-refractivity contribution is 0.171. The Hall–Kier alpha value is -0.930. The van der Waals surface area contributed by atoms with Gasteiger partial charge in [-0.2, -0.15) is 0 Å². The topological polar surface area (TPSA) is 21.7 Å². The second-order valence-corrected chi connectivity index (χ2v) is 4.73. The number of aryl methyl sites for hydroxylation is 1. The fourth-order valence-electron chi connectivity index (χ4n) is 1.92. The van der Waals surface area contributed by atoms with E-state index in [4.69, 9.17) is 21.1 Å². The van der Waals surface area contributed by atoms with Crippen LogP contribution in [-0.4, -0.2) is 37.6 Å². The fourth-order valence-corrected chi connectivity index (χ4v) is 2.21. The van der Waals surface area contributed by atoms with Gasteiger partial charge in [-0.05, 0) is 37.2 Å². The van der Waals surface area contributed by atoms with Crippen LogP contribution in [0.4, 0.5) is 0 Å². The molecular formula is C13H18ClNO2. The number of halogens is 1. The number of benzene rings is 1. The minimum atomic E-state index is 0.632. The highest BCUT2D eigenvalue weighted by Gasteiger charge is 2.14. The molecule has 0 aliphatic carbocycles. The van der Waals surface area contributed by atoms with E-state index < -0.39 is 0 Å². The molecule has 3 nitrogen and oxygen atoms in total. The van der Waals surface area contributed by atoms with Crippen molar-refractivity contribution in [3.63, 3.8) is 0 Å². The summed E-state index contributed by atoms with van der Waals surface area (Å²) in [7, 11) is 2.07. The van der Waals surface area contributed by atoms with Crippen LogP contribution in [0.25, 0.3) is 0 Å². The zero-order chi connectivity index (χ0) is 12.3. The molecule has 17 heavy (non-hydrogen) atoms. The quantitative estimate of drug-likeness (QED) is 0.772. The monoisotopic (exact) mass is 255 g/mol. The lowest BCUT2D eigenvalue weighted by Gasteiger charge is -2.22. The summed E-state index contributed by atoms with van der Waals surface area (Å²) < 4.78 is 11.1. The van der Waals surface area contributed by atoms with Crippen molar-refractivity contribution in [1.29, 1.82) is 0 Å². The van der Waals surface area contributed by atoms with Gasteiger partial charge < -0.3 is 14.4 Å². The Labute approximate surface area is 107 Å². The molecule has 2 rings (SSSR count). The van der Waals surface area contributed by atoms with E-state index in [1.54, 1.807) is 0 Å². The number of fused-ring (bicyclic) bond motifs is 1. The van der Waals surface area contributed by atoms with Gasteiger partial charge in [-0.25, -0.2) is 0 Å². The van der Waals surface area contributed by atoms with Crippen molar-refractivity contribution < 1.29 is 9.47 Å². The van der Waals surface area contributed by atoms with Gasteiger partial charge in [0.1, 0.15) is 13.2 Å². The molecule has 0 unspecified atom stereocenters. The van der Waals surface area contributed by atoms with Crippen molar-refractivity contribution in [2.45, 2.75) is 13.5 Å². The molecule has 1 aromatic rings. The predicted octanol–water partition coefficient (Wildman–Crippen LogP) is 2.44. The molecule has 0 saturated heterocycles. The fraction of sp³-hybridized carbons (Fsp3) is 0.538. The lowest BCUT2D eigenvalue weighted by Crippen LogP contribution is -2.21. The third-order valence-electron chi connectivity index (χ3n) is 2.91. The third-order valence-corrected chi connectivity index (χ3v) is 3.08. The Balaban J connectivity index is 2.16. The molecule has 0 aromatic heterocycles. The molecule has 0 fully saturated rings. The summed E-state index contributed by atoms with van der Waals surface area (Å²) in [5.41, 5.74) is 2.50. The van der Waals surface area contributed by atoms with Gasteiger partial charge in [-0.15, -0.1) is 11.6 Å². The van der Waals surface area contributed by atoms with Crippen LogP contribution in [0.1, 0.15) is 11.1 Å². The number of alkyl halides is 1. The molecule has 0 bridgehead atoms. The average molecular weight is 256 g/mol. The van der Waals surface area contributed by atoms with Gasteiger partial charge in [0.2, 0.25) is 0 Å². The largest absolute Gasteiger partial charge is 0.486 e. The highest BCUT2D eigenvalue weighted by molar-refractivity contribution is 6.18. The summed E-state index contributed by atoms with van der Waals surface area (Å²) in [4.78, 5) is 2.20. The summed E-state index contributed by atoms with van der Waals surface area (Å²) in [5, 5.41) is 0. The van der Waals surface area contributed by atoms with E-state index in [0.29, 0.717) is 19.1 Å². The first-order chi connectivity index (χ1) is 8.20. The summed E-state index contributed by atoms with van der Waals surface area (Å²) in [6, 6.07) is 4.13. The van der Waals surface area contributed by atoms with Crippen LogP contribution in [-0.2, 0) is 6.54 Å². The van der Waals surface area contributed by atoms with Crippen LogP contribution in [0.3, 0.4) is 0 Å². The Morgan fingerprint density at radius 1 is 1.24 bits per heavy atom. The molecule has 1 aliphatic heterocycles. The summed E-state index contributed by atoms with van der Waals surface area (Å²) in [5.74, 6) is 2.37. The van der Waals surface area contributed by atoms with Gasteiger partial charge in [-0.3, -0.25) is 0 Å². The zero-order valence-corrected chi connectivity index (χ0v) is 11.1. The van der Waals surface area contributed by atoms with Crippen LogP contribution in [0.5, 0.6) is 11.5 Å². The highest BCUT2D eigenvalue weighted by Crippen LogP contribution is 2.33. The molecule has 0 amide bonds. The van der Waals surface area contributed by atoms with Crippen molar-refractivity contribution in [3.05, 3.63) is 23.3 Å². The maximum absolute atomic E-state index is 5.73. The van der Waals surface area contributed by atoms with Crippen molar-refractivity contribution >= 4 is 11.6 Å². The maximum atomic E-state index is 5.73. The molecule has 0 N–H and O–H groups in total. The van der Waals surface area contributed by atoms with Crippen LogP contribution in [0, 0.1) is 6.92 Å². The minimum absolute atomic E-state index is 0.632. The molecule has 0 saturated carbocycles. The third kappa shape index (κ3) is 3.05. The molecule has 0 radical (unpaired) electrons. The van der Waals surface area contributed by atoms with Gasteiger partial charge in [-0.1, -0.05) is 0 Å². The Kier molecular flexibility index (Phi) is 4.13. The van der Waals surface area contributed by atoms with Gasteiger partial charge in [0.05, 0.1) is 0 Å². The van der Waals surface area contributed by atoms with Crippen LogP contribution in [0.15, 0.2) is 12.1 Å². The lowest BCUT2D eigenvalue weighted by atomic mass is 10.1. The average Bonchev–Trinajstić information content (AvgIpc) is 2.30. The van der Waals surface area contributed by atoms with Gasteiger partial charge in [0.25, 0.3) is 0 Å². The van der Waals surface area contributed by atoms with Crippen molar-refractivity contribution in [1.82, 2.24) is 4.90 Å². The second-order valence-electron chi connectivity index (χ2n) is 4.35. The summed E-state index contributed by atoms with van der Waals surface area (Å²) in [6.07, 6.45) is 0. The first-order valence-corrected chi connectivity index (χ1v) is 6.38. The van der Waals surface area contributed by atoms with E-state index in [9.17, 15) is 0 Å². The van der Waals surface area contributed by atoms with E-state index in [0.717, 1.165) is 24.6 Å². The van der Waals surface area contributed by atoms with Crippen LogP contribution >= 0.6 is 11.6 Å². The Morgan fingerprint density at radius 3 is 2.53 bits per heavy atom. The molecule has 94 valence electrons. The maximum Gasteiger partial charge on any atom is 0.161 e. The first kappa shape index (κ1) is 12.5. The molecule has 0 spiro atoms. The highest BCUT2D eigenvalue weighted by atomic mass is 35.5. The van der Waals surface area contributed by atoms with Crippen molar-refractivity contribution in [2.24, 2.45) is 0 Å².